The normalized spacial score (nSPS) is 18.8. The number of aromatic hydroxyl groups is 3. The van der Waals surface area contributed by atoms with Crippen LogP contribution in [0.25, 0.3) is 5.57 Å². The summed E-state index contributed by atoms with van der Waals surface area (Å²) in [5, 5.41) is 49.6. The first-order valence-corrected chi connectivity index (χ1v) is 11.7. The molecule has 0 fully saturated rings. The quantitative estimate of drug-likeness (QED) is 0.125. The summed E-state index contributed by atoms with van der Waals surface area (Å²) in [5.41, 5.74) is 6.74. The fourth-order valence-corrected chi connectivity index (χ4v) is 4.63. The van der Waals surface area contributed by atoms with Gasteiger partial charge in [-0.05, 0) is 59.7 Å². The van der Waals surface area contributed by atoms with Gasteiger partial charge in [0.05, 0.1) is 0 Å². The van der Waals surface area contributed by atoms with E-state index in [1.807, 2.05) is 6.07 Å². The van der Waals surface area contributed by atoms with Gasteiger partial charge in [0.15, 0.2) is 17.3 Å². The molecule has 0 saturated heterocycles. The summed E-state index contributed by atoms with van der Waals surface area (Å²) in [6, 6.07) is 15.7. The van der Waals surface area contributed by atoms with Gasteiger partial charge < -0.3 is 40.7 Å². The van der Waals surface area contributed by atoms with E-state index in [9.17, 15) is 35.1 Å². The molecule has 0 saturated carbocycles. The number of rotatable bonds is 2. The molecule has 0 spiro atoms. The van der Waals surface area contributed by atoms with E-state index in [1.165, 1.54) is 42.5 Å². The van der Waals surface area contributed by atoms with Crippen LogP contribution in [0.15, 0.2) is 89.9 Å². The Balaban J connectivity index is 0.000000164. The highest BCUT2D eigenvalue weighted by Gasteiger charge is 2.47. The van der Waals surface area contributed by atoms with Crippen LogP contribution in [0.1, 0.15) is 21.5 Å². The number of ketones is 1. The molecule has 10 heteroatoms. The van der Waals surface area contributed by atoms with Gasteiger partial charge in [-0.3, -0.25) is 4.79 Å². The Hall–Kier alpha value is -5.22. The van der Waals surface area contributed by atoms with Crippen molar-refractivity contribution in [2.45, 2.75) is 12.0 Å². The number of hydrogen-bond acceptors (Lipinski definition) is 10. The van der Waals surface area contributed by atoms with Crippen LogP contribution in [0.3, 0.4) is 0 Å². The van der Waals surface area contributed by atoms with Gasteiger partial charge in [-0.2, -0.15) is 0 Å². The predicted octanol–water partition coefficient (Wildman–Crippen LogP) is 3.27. The predicted molar refractivity (Wildman–Crippen MR) is 139 cm³/mol. The van der Waals surface area contributed by atoms with Crippen molar-refractivity contribution < 1.29 is 44.6 Å². The smallest absolute Gasteiger partial charge is 0.347 e. The number of anilines is 1. The summed E-state index contributed by atoms with van der Waals surface area (Å²) >= 11 is 0. The van der Waals surface area contributed by atoms with Crippen LogP contribution >= 0.6 is 0 Å². The number of carbonyl (C=O) groups excluding carboxylic acids is 2. The summed E-state index contributed by atoms with van der Waals surface area (Å²) in [5.74, 6) is -1.96. The van der Waals surface area contributed by atoms with Crippen molar-refractivity contribution in [3.63, 3.8) is 0 Å². The first-order valence-electron chi connectivity index (χ1n) is 11.7. The Labute approximate surface area is 221 Å². The SMILES string of the molecule is Nc1ccc(C(=O)Oc2ccccc2)c(O)c1.O=C1C=CC2=C3c4cc(O)c(O)cc4CC3(O)COC2=C1O. The second kappa shape index (κ2) is 9.58. The number of phenols is 3. The maximum atomic E-state index is 11.7. The summed E-state index contributed by atoms with van der Waals surface area (Å²) in [6.45, 7) is -0.122. The Bertz CT molecular complexity index is 1600. The lowest BCUT2D eigenvalue weighted by Gasteiger charge is -2.33. The third-order valence-electron chi connectivity index (χ3n) is 6.43. The Morgan fingerprint density at radius 3 is 2.36 bits per heavy atom. The Morgan fingerprint density at radius 1 is 0.923 bits per heavy atom. The monoisotopic (exact) mass is 529 g/mol. The first-order chi connectivity index (χ1) is 18.6. The second-order valence-corrected chi connectivity index (χ2v) is 9.14. The number of nitrogens with two attached hydrogens (primary N) is 1. The molecule has 6 rings (SSSR count). The van der Waals surface area contributed by atoms with Gasteiger partial charge in [-0.25, -0.2) is 4.79 Å². The van der Waals surface area contributed by atoms with Crippen LogP contribution in [-0.4, -0.2) is 49.5 Å². The third-order valence-corrected chi connectivity index (χ3v) is 6.43. The Morgan fingerprint density at radius 2 is 1.64 bits per heavy atom. The fourth-order valence-electron chi connectivity index (χ4n) is 4.63. The van der Waals surface area contributed by atoms with Crippen LogP contribution in [-0.2, 0) is 16.0 Å². The highest BCUT2D eigenvalue weighted by atomic mass is 16.5. The molecule has 0 radical (unpaired) electrons. The number of para-hydroxylation sites is 1. The molecule has 198 valence electrons. The molecule has 7 N–H and O–H groups in total. The van der Waals surface area contributed by atoms with E-state index in [0.29, 0.717) is 33.7 Å². The van der Waals surface area contributed by atoms with E-state index in [4.69, 9.17) is 15.2 Å². The largest absolute Gasteiger partial charge is 0.507 e. The number of nitrogen functional groups attached to an aromatic ring is 1. The number of benzene rings is 3. The Kier molecular flexibility index (Phi) is 6.25. The minimum absolute atomic E-state index is 0.0348. The van der Waals surface area contributed by atoms with Gasteiger partial charge in [0.2, 0.25) is 11.5 Å². The molecular formula is C29H23NO9. The second-order valence-electron chi connectivity index (χ2n) is 9.14. The molecule has 1 unspecified atom stereocenters. The van der Waals surface area contributed by atoms with E-state index < -0.39 is 23.1 Å². The van der Waals surface area contributed by atoms with Gasteiger partial charge in [0.1, 0.15) is 29.3 Å². The number of carbonyl (C=O) groups is 2. The van der Waals surface area contributed by atoms with Crippen molar-refractivity contribution in [1.82, 2.24) is 0 Å². The van der Waals surface area contributed by atoms with Crippen LogP contribution in [0, 0.1) is 0 Å². The van der Waals surface area contributed by atoms with Crippen molar-refractivity contribution in [1.29, 1.82) is 0 Å². The average molecular weight is 530 g/mol. The number of ether oxygens (including phenoxy) is 2. The third kappa shape index (κ3) is 4.64. The fraction of sp³-hybridized carbons (Fsp3) is 0.103. The number of phenolic OH excluding ortho intramolecular Hbond substituents is 3. The van der Waals surface area contributed by atoms with E-state index in [1.54, 1.807) is 24.3 Å². The molecule has 3 aliphatic rings. The molecule has 39 heavy (non-hydrogen) atoms. The van der Waals surface area contributed by atoms with Gasteiger partial charge in [-0.1, -0.05) is 18.2 Å². The molecule has 3 aromatic carbocycles. The maximum absolute atomic E-state index is 11.7. The average Bonchev–Trinajstić information content (AvgIpc) is 3.18. The van der Waals surface area contributed by atoms with Gasteiger partial charge in [0.25, 0.3) is 0 Å². The summed E-state index contributed by atoms with van der Waals surface area (Å²) in [4.78, 5) is 23.3. The number of esters is 1. The molecule has 10 nitrogen and oxygen atoms in total. The van der Waals surface area contributed by atoms with Crippen LogP contribution in [0.4, 0.5) is 5.69 Å². The lowest BCUT2D eigenvalue weighted by molar-refractivity contribution is -0.114. The van der Waals surface area contributed by atoms with E-state index in [-0.39, 0.29) is 41.6 Å². The van der Waals surface area contributed by atoms with Crippen LogP contribution < -0.4 is 10.5 Å². The molecule has 3 aromatic rings. The van der Waals surface area contributed by atoms with E-state index in [0.717, 1.165) is 0 Å². The van der Waals surface area contributed by atoms with Gasteiger partial charge >= 0.3 is 5.97 Å². The van der Waals surface area contributed by atoms with Gasteiger partial charge in [0, 0.05) is 29.3 Å². The minimum Gasteiger partial charge on any atom is -0.507 e. The number of aliphatic hydroxyl groups is 2. The lowest BCUT2D eigenvalue weighted by atomic mass is 9.85. The highest BCUT2D eigenvalue weighted by Crippen LogP contribution is 2.50. The summed E-state index contributed by atoms with van der Waals surface area (Å²) < 4.78 is 10.5. The molecule has 0 bridgehead atoms. The van der Waals surface area contributed by atoms with Crippen molar-refractivity contribution in [2.75, 3.05) is 12.3 Å². The number of fused-ring (bicyclic) bond motifs is 4. The zero-order valence-corrected chi connectivity index (χ0v) is 20.3. The van der Waals surface area contributed by atoms with Crippen molar-refractivity contribution in [2.24, 2.45) is 0 Å². The van der Waals surface area contributed by atoms with Crippen molar-refractivity contribution >= 4 is 23.0 Å². The van der Waals surface area contributed by atoms with Crippen LogP contribution in [0.2, 0.25) is 0 Å². The van der Waals surface area contributed by atoms with Crippen LogP contribution in [0.5, 0.6) is 23.0 Å². The number of allylic oxidation sites excluding steroid dienone is 2. The molecule has 1 atom stereocenters. The van der Waals surface area contributed by atoms with Crippen molar-refractivity contribution in [3.8, 4) is 23.0 Å². The standard InChI is InChI=1S/C16H12O6.C13H11NO3/c17-10-2-1-8-13-9-4-12(19)11(18)3-7(9)5-16(13,21)6-22-15(8)14(10)20;14-9-6-7-11(12(15)8-9)13(16)17-10-4-2-1-3-5-10/h1-4,18-21H,5-6H2;1-8,15H,14H2. The maximum Gasteiger partial charge on any atom is 0.347 e. The lowest BCUT2D eigenvalue weighted by Crippen LogP contribution is -2.39. The molecule has 0 aromatic heterocycles. The molecule has 0 amide bonds. The number of aliphatic hydroxyl groups excluding tert-OH is 1. The molecular weight excluding hydrogens is 506 g/mol. The molecule has 2 aliphatic carbocycles. The van der Waals surface area contributed by atoms with E-state index in [2.05, 4.69) is 0 Å². The highest BCUT2D eigenvalue weighted by molar-refractivity contribution is 6.06. The van der Waals surface area contributed by atoms with E-state index >= 15 is 0 Å². The molecule has 1 aliphatic heterocycles. The summed E-state index contributed by atoms with van der Waals surface area (Å²) in [6.07, 6.45) is 2.90. The zero-order valence-electron chi connectivity index (χ0n) is 20.3. The minimum atomic E-state index is -1.33. The van der Waals surface area contributed by atoms with Gasteiger partial charge in [-0.15, -0.1) is 0 Å². The van der Waals surface area contributed by atoms with Crippen molar-refractivity contribution in [3.05, 3.63) is 107 Å². The first kappa shape index (κ1) is 25.4. The number of hydrogen-bond donors (Lipinski definition) is 6. The topological polar surface area (TPSA) is 180 Å². The summed E-state index contributed by atoms with van der Waals surface area (Å²) in [7, 11) is 0. The zero-order chi connectivity index (χ0) is 27.9. The molecule has 1 heterocycles.